The molecule has 1 heterocycles. The Kier molecular flexibility index (Phi) is 1.83. The molecule has 0 radical (unpaired) electrons. The molecule has 0 saturated heterocycles. The molecule has 0 unspecified atom stereocenters. The molecule has 0 aliphatic carbocycles. The zero-order valence-corrected chi connectivity index (χ0v) is 7.97. The Bertz CT molecular complexity index is 507. The molecule has 2 rings (SSSR count). The number of primary sulfonamides is 1. The largest absolute Gasteiger partial charge is 0.348 e. The molecule has 0 saturated carbocycles. The molecule has 0 fully saturated rings. The molecular weight excluding hydrogens is 204 g/mol. The Morgan fingerprint density at radius 2 is 2.07 bits per heavy atom. The number of rotatable bonds is 1. The van der Waals surface area contributed by atoms with Gasteiger partial charge in [0, 0.05) is 17.7 Å². The van der Waals surface area contributed by atoms with Crippen molar-refractivity contribution in [2.75, 3.05) is 0 Å². The van der Waals surface area contributed by atoms with E-state index in [9.17, 15) is 13.2 Å². The van der Waals surface area contributed by atoms with Crippen LogP contribution in [-0.2, 0) is 16.6 Å². The molecule has 0 bridgehead atoms. The van der Waals surface area contributed by atoms with E-state index in [0.29, 0.717) is 11.1 Å². The van der Waals surface area contributed by atoms with Crippen LogP contribution in [0, 0.1) is 0 Å². The average molecular weight is 212 g/mol. The quantitative estimate of drug-likeness (QED) is 0.662. The predicted molar refractivity (Wildman–Crippen MR) is 49.0 cm³/mol. The summed E-state index contributed by atoms with van der Waals surface area (Å²) in [5.41, 5.74) is 0.844. The van der Waals surface area contributed by atoms with Crippen molar-refractivity contribution in [2.45, 2.75) is 11.4 Å². The fourth-order valence-electron chi connectivity index (χ4n) is 1.49. The minimum atomic E-state index is -3.74. The SMILES string of the molecule is NS(=O)(=O)c1cccc2c1CNC2=O. The smallest absolute Gasteiger partial charge is 0.251 e. The number of carbonyl (C=O) groups is 1. The Morgan fingerprint density at radius 1 is 1.36 bits per heavy atom. The number of carbonyl (C=O) groups excluding carboxylic acids is 1. The molecule has 74 valence electrons. The zero-order chi connectivity index (χ0) is 10.3. The Labute approximate surface area is 81.0 Å². The number of nitrogens with two attached hydrogens (primary N) is 1. The minimum Gasteiger partial charge on any atom is -0.348 e. The van der Waals surface area contributed by atoms with E-state index in [1.165, 1.54) is 12.1 Å². The molecule has 3 N–H and O–H groups in total. The van der Waals surface area contributed by atoms with Gasteiger partial charge in [-0.05, 0) is 12.1 Å². The summed E-state index contributed by atoms with van der Waals surface area (Å²) in [4.78, 5) is 11.2. The molecule has 1 aliphatic heterocycles. The predicted octanol–water partition coefficient (Wildman–Crippen LogP) is -0.423. The molecule has 0 aromatic heterocycles. The summed E-state index contributed by atoms with van der Waals surface area (Å²) in [5, 5.41) is 7.55. The van der Waals surface area contributed by atoms with Crippen molar-refractivity contribution in [1.29, 1.82) is 0 Å². The lowest BCUT2D eigenvalue weighted by Crippen LogP contribution is -2.15. The van der Waals surface area contributed by atoms with Crippen LogP contribution in [0.5, 0.6) is 0 Å². The van der Waals surface area contributed by atoms with Gasteiger partial charge in [0.05, 0.1) is 4.90 Å². The molecular formula is C8H8N2O3S. The summed E-state index contributed by atoms with van der Waals surface area (Å²) in [6, 6.07) is 4.48. The Hall–Kier alpha value is -1.40. The summed E-state index contributed by atoms with van der Waals surface area (Å²) in [6.07, 6.45) is 0. The van der Waals surface area contributed by atoms with Gasteiger partial charge >= 0.3 is 0 Å². The van der Waals surface area contributed by atoms with Crippen molar-refractivity contribution in [3.8, 4) is 0 Å². The van der Waals surface area contributed by atoms with Gasteiger partial charge in [-0.2, -0.15) is 0 Å². The summed E-state index contributed by atoms with van der Waals surface area (Å²) < 4.78 is 22.3. The van der Waals surface area contributed by atoms with Gasteiger partial charge in [0.15, 0.2) is 0 Å². The highest BCUT2D eigenvalue weighted by atomic mass is 32.2. The van der Waals surface area contributed by atoms with Crippen LogP contribution in [0.4, 0.5) is 0 Å². The van der Waals surface area contributed by atoms with Crippen LogP contribution in [0.15, 0.2) is 23.1 Å². The van der Waals surface area contributed by atoms with Crippen molar-refractivity contribution in [1.82, 2.24) is 5.32 Å². The molecule has 1 aliphatic rings. The first-order valence-corrected chi connectivity index (χ1v) is 5.47. The van der Waals surface area contributed by atoms with Crippen LogP contribution in [-0.4, -0.2) is 14.3 Å². The molecule has 14 heavy (non-hydrogen) atoms. The first kappa shape index (κ1) is 9.17. The average Bonchev–Trinajstić information content (AvgIpc) is 2.46. The van der Waals surface area contributed by atoms with Crippen molar-refractivity contribution >= 4 is 15.9 Å². The molecule has 1 aromatic rings. The second-order valence-electron chi connectivity index (χ2n) is 3.01. The Morgan fingerprint density at radius 3 is 2.71 bits per heavy atom. The third-order valence-corrected chi connectivity index (χ3v) is 3.11. The van der Waals surface area contributed by atoms with Crippen molar-refractivity contribution in [3.63, 3.8) is 0 Å². The van der Waals surface area contributed by atoms with Gasteiger partial charge in [0.2, 0.25) is 10.0 Å². The van der Waals surface area contributed by atoms with Gasteiger partial charge in [0.1, 0.15) is 0 Å². The number of nitrogens with one attached hydrogen (secondary N) is 1. The lowest BCUT2D eigenvalue weighted by molar-refractivity contribution is 0.0966. The summed E-state index contributed by atoms with van der Waals surface area (Å²) in [6.45, 7) is 0.223. The fraction of sp³-hybridized carbons (Fsp3) is 0.125. The van der Waals surface area contributed by atoms with Crippen LogP contribution < -0.4 is 10.5 Å². The van der Waals surface area contributed by atoms with E-state index in [1.54, 1.807) is 6.07 Å². The van der Waals surface area contributed by atoms with Gasteiger partial charge in [-0.1, -0.05) is 6.07 Å². The van der Waals surface area contributed by atoms with Gasteiger partial charge in [-0.25, -0.2) is 13.6 Å². The third kappa shape index (κ3) is 1.28. The Balaban J connectivity index is 2.73. The highest BCUT2D eigenvalue weighted by Gasteiger charge is 2.25. The molecule has 0 spiro atoms. The van der Waals surface area contributed by atoms with Crippen LogP contribution in [0.1, 0.15) is 15.9 Å². The maximum atomic E-state index is 11.2. The van der Waals surface area contributed by atoms with Gasteiger partial charge in [-0.15, -0.1) is 0 Å². The van der Waals surface area contributed by atoms with Crippen LogP contribution in [0.2, 0.25) is 0 Å². The van der Waals surface area contributed by atoms with Crippen LogP contribution >= 0.6 is 0 Å². The summed E-state index contributed by atoms with van der Waals surface area (Å²) in [7, 11) is -3.74. The normalized spacial score (nSPS) is 15.1. The number of sulfonamides is 1. The topological polar surface area (TPSA) is 89.3 Å². The third-order valence-electron chi connectivity index (χ3n) is 2.11. The van der Waals surface area contributed by atoms with Crippen molar-refractivity contribution < 1.29 is 13.2 Å². The van der Waals surface area contributed by atoms with Gasteiger partial charge < -0.3 is 5.32 Å². The highest BCUT2D eigenvalue weighted by molar-refractivity contribution is 7.89. The number of hydrogen-bond acceptors (Lipinski definition) is 3. The van der Waals surface area contributed by atoms with E-state index in [0.717, 1.165) is 0 Å². The van der Waals surface area contributed by atoms with Crippen molar-refractivity contribution in [3.05, 3.63) is 29.3 Å². The highest BCUT2D eigenvalue weighted by Crippen LogP contribution is 2.22. The first-order valence-electron chi connectivity index (χ1n) is 3.93. The van der Waals surface area contributed by atoms with E-state index in [-0.39, 0.29) is 17.3 Å². The molecule has 1 aromatic carbocycles. The molecule has 6 heteroatoms. The summed E-state index contributed by atoms with van der Waals surface area (Å²) in [5.74, 6) is -0.259. The first-order chi connectivity index (χ1) is 6.50. The van der Waals surface area contributed by atoms with E-state index < -0.39 is 10.0 Å². The minimum absolute atomic E-state index is 0.0216. The second kappa shape index (κ2) is 2.79. The molecule has 0 atom stereocenters. The van der Waals surface area contributed by atoms with Crippen molar-refractivity contribution in [2.24, 2.45) is 5.14 Å². The fourth-order valence-corrected chi connectivity index (χ4v) is 2.28. The number of fused-ring (bicyclic) bond motifs is 1. The second-order valence-corrected chi connectivity index (χ2v) is 4.54. The van der Waals surface area contributed by atoms with E-state index >= 15 is 0 Å². The number of hydrogen-bond donors (Lipinski definition) is 2. The maximum absolute atomic E-state index is 11.2. The standard InChI is InChI=1S/C8H8N2O3S/c9-14(12,13)7-3-1-2-5-6(7)4-10-8(5)11/h1-3H,4H2,(H,10,11)(H2,9,12,13). The van der Waals surface area contributed by atoms with Crippen LogP contribution in [0.3, 0.4) is 0 Å². The molecule has 1 amide bonds. The monoisotopic (exact) mass is 212 g/mol. The van der Waals surface area contributed by atoms with E-state index in [2.05, 4.69) is 5.32 Å². The van der Waals surface area contributed by atoms with Gasteiger partial charge in [0.25, 0.3) is 5.91 Å². The molecule has 5 nitrogen and oxygen atoms in total. The lowest BCUT2D eigenvalue weighted by Gasteiger charge is -2.02. The summed E-state index contributed by atoms with van der Waals surface area (Å²) >= 11 is 0. The van der Waals surface area contributed by atoms with E-state index in [1.807, 2.05) is 0 Å². The lowest BCUT2D eigenvalue weighted by atomic mass is 10.1. The van der Waals surface area contributed by atoms with Crippen LogP contribution in [0.25, 0.3) is 0 Å². The van der Waals surface area contributed by atoms with Gasteiger partial charge in [-0.3, -0.25) is 4.79 Å². The number of amides is 1. The van der Waals surface area contributed by atoms with E-state index in [4.69, 9.17) is 5.14 Å². The maximum Gasteiger partial charge on any atom is 0.251 e. The number of benzene rings is 1. The zero-order valence-electron chi connectivity index (χ0n) is 7.15.